The summed E-state index contributed by atoms with van der Waals surface area (Å²) in [6.45, 7) is 5.42. The van der Waals surface area contributed by atoms with E-state index in [0.717, 1.165) is 5.56 Å². The molecule has 0 saturated carbocycles. The SMILES string of the molecule is Cc1c(Cc2ccc(F)c(C(=O)N3CC(=O)N(c4cccc(Cl)c4)[C@@H](C)C3)c2)n[nH]c(=O)c1C. The van der Waals surface area contributed by atoms with E-state index in [0.29, 0.717) is 34.0 Å². The van der Waals surface area contributed by atoms with Crippen molar-refractivity contribution in [1.82, 2.24) is 15.1 Å². The maximum Gasteiger partial charge on any atom is 0.267 e. The van der Waals surface area contributed by atoms with Gasteiger partial charge in [-0.05, 0) is 62.2 Å². The molecule has 0 unspecified atom stereocenters. The first-order chi connectivity index (χ1) is 16.2. The fraction of sp³-hybridized carbons (Fsp3) is 0.280. The minimum Gasteiger partial charge on any atom is -0.327 e. The monoisotopic (exact) mass is 482 g/mol. The highest BCUT2D eigenvalue weighted by Crippen LogP contribution is 2.26. The number of aromatic nitrogens is 2. The number of anilines is 1. The van der Waals surface area contributed by atoms with Crippen LogP contribution in [0.1, 0.15) is 39.7 Å². The summed E-state index contributed by atoms with van der Waals surface area (Å²) in [5, 5.41) is 7.06. The quantitative estimate of drug-likeness (QED) is 0.615. The second-order valence-corrected chi connectivity index (χ2v) is 8.96. The molecular formula is C25H24ClFN4O3. The molecule has 1 aromatic heterocycles. The predicted octanol–water partition coefficient (Wildman–Crippen LogP) is 3.65. The van der Waals surface area contributed by atoms with Gasteiger partial charge in [-0.15, -0.1) is 0 Å². The number of benzene rings is 2. The maximum atomic E-state index is 14.7. The molecule has 2 amide bonds. The van der Waals surface area contributed by atoms with E-state index in [2.05, 4.69) is 10.2 Å². The standard InChI is InChI=1S/C25H24ClFN4O3/c1-14-12-30(13-23(32)31(14)19-6-4-5-18(26)11-19)25(34)20-9-17(7-8-21(20)27)10-22-15(2)16(3)24(33)29-28-22/h4-9,11,14H,10,12-13H2,1-3H3,(H,29,33)/t14-/m0/s1. The first-order valence-electron chi connectivity index (χ1n) is 10.9. The summed E-state index contributed by atoms with van der Waals surface area (Å²) in [5.41, 5.74) is 2.92. The number of piperazine rings is 1. The number of aromatic amines is 1. The second kappa shape index (κ2) is 9.38. The topological polar surface area (TPSA) is 86.4 Å². The third-order valence-electron chi connectivity index (χ3n) is 6.15. The Morgan fingerprint density at radius 3 is 2.65 bits per heavy atom. The van der Waals surface area contributed by atoms with Crippen LogP contribution in [-0.4, -0.2) is 46.0 Å². The van der Waals surface area contributed by atoms with Crippen molar-refractivity contribution in [3.05, 3.63) is 91.6 Å². The number of nitrogens with one attached hydrogen (secondary N) is 1. The molecule has 1 atom stereocenters. The first kappa shape index (κ1) is 23.6. The summed E-state index contributed by atoms with van der Waals surface area (Å²) in [5.74, 6) is -1.48. The number of nitrogens with zero attached hydrogens (tertiary/aromatic N) is 3. The molecule has 7 nitrogen and oxygen atoms in total. The molecule has 1 saturated heterocycles. The lowest BCUT2D eigenvalue weighted by atomic mass is 10.0. The van der Waals surface area contributed by atoms with Crippen LogP contribution in [-0.2, 0) is 11.2 Å². The molecule has 0 radical (unpaired) electrons. The Kier molecular flexibility index (Phi) is 6.52. The zero-order valence-electron chi connectivity index (χ0n) is 19.1. The van der Waals surface area contributed by atoms with E-state index < -0.39 is 11.7 Å². The third-order valence-corrected chi connectivity index (χ3v) is 6.39. The molecule has 2 aromatic carbocycles. The van der Waals surface area contributed by atoms with Crippen LogP contribution in [0.2, 0.25) is 5.02 Å². The molecule has 1 N–H and O–H groups in total. The van der Waals surface area contributed by atoms with E-state index in [4.69, 9.17) is 11.6 Å². The van der Waals surface area contributed by atoms with Gasteiger partial charge in [-0.2, -0.15) is 5.10 Å². The molecule has 176 valence electrons. The largest absolute Gasteiger partial charge is 0.327 e. The molecule has 1 aliphatic heterocycles. The zero-order chi connectivity index (χ0) is 24.6. The number of hydrogen-bond donors (Lipinski definition) is 1. The van der Waals surface area contributed by atoms with Crippen LogP contribution in [0, 0.1) is 19.7 Å². The van der Waals surface area contributed by atoms with Gasteiger partial charge in [-0.3, -0.25) is 14.4 Å². The molecule has 0 aliphatic carbocycles. The lowest BCUT2D eigenvalue weighted by molar-refractivity contribution is -0.121. The van der Waals surface area contributed by atoms with Crippen LogP contribution < -0.4 is 10.5 Å². The number of carbonyl (C=O) groups is 2. The van der Waals surface area contributed by atoms with Crippen LogP contribution >= 0.6 is 11.6 Å². The smallest absolute Gasteiger partial charge is 0.267 e. The van der Waals surface area contributed by atoms with Crippen molar-refractivity contribution in [2.75, 3.05) is 18.0 Å². The lowest BCUT2D eigenvalue weighted by Gasteiger charge is -2.39. The van der Waals surface area contributed by atoms with Gasteiger partial charge < -0.3 is 9.80 Å². The number of hydrogen-bond acceptors (Lipinski definition) is 4. The zero-order valence-corrected chi connectivity index (χ0v) is 19.8. The molecule has 0 bridgehead atoms. The van der Waals surface area contributed by atoms with Crippen LogP contribution in [0.5, 0.6) is 0 Å². The predicted molar refractivity (Wildman–Crippen MR) is 128 cm³/mol. The molecule has 3 aromatic rings. The van der Waals surface area contributed by atoms with Crippen LogP contribution in [0.4, 0.5) is 10.1 Å². The van der Waals surface area contributed by atoms with E-state index in [1.165, 1.54) is 17.0 Å². The van der Waals surface area contributed by atoms with E-state index in [1.54, 1.807) is 49.1 Å². The van der Waals surface area contributed by atoms with E-state index in [1.807, 2.05) is 6.92 Å². The summed E-state index contributed by atoms with van der Waals surface area (Å²) >= 11 is 6.07. The molecule has 9 heteroatoms. The Labute approximate surface area is 201 Å². The highest BCUT2D eigenvalue weighted by Gasteiger charge is 2.34. The van der Waals surface area contributed by atoms with Gasteiger partial charge in [0.15, 0.2) is 0 Å². The van der Waals surface area contributed by atoms with Crippen LogP contribution in [0.15, 0.2) is 47.3 Å². The molecule has 4 rings (SSSR count). The minimum absolute atomic E-state index is 0.104. The average Bonchev–Trinajstić information content (AvgIpc) is 2.79. The molecule has 1 fully saturated rings. The van der Waals surface area contributed by atoms with Gasteiger partial charge in [-0.25, -0.2) is 9.49 Å². The van der Waals surface area contributed by atoms with Gasteiger partial charge >= 0.3 is 0 Å². The fourth-order valence-corrected chi connectivity index (χ4v) is 4.37. The van der Waals surface area contributed by atoms with Crippen LogP contribution in [0.25, 0.3) is 0 Å². The second-order valence-electron chi connectivity index (χ2n) is 8.52. The Morgan fingerprint density at radius 1 is 1.18 bits per heavy atom. The molecule has 2 heterocycles. The van der Waals surface area contributed by atoms with Crippen molar-refractivity contribution in [2.24, 2.45) is 0 Å². The fourth-order valence-electron chi connectivity index (χ4n) is 4.18. The number of halogens is 2. The van der Waals surface area contributed by atoms with Crippen molar-refractivity contribution in [2.45, 2.75) is 33.2 Å². The Bertz CT molecular complexity index is 1340. The number of carbonyl (C=O) groups excluding carboxylic acids is 2. The third kappa shape index (κ3) is 4.59. The van der Waals surface area contributed by atoms with Crippen molar-refractivity contribution < 1.29 is 14.0 Å². The van der Waals surface area contributed by atoms with Crippen molar-refractivity contribution in [3.8, 4) is 0 Å². The van der Waals surface area contributed by atoms with Crippen molar-refractivity contribution in [1.29, 1.82) is 0 Å². The van der Waals surface area contributed by atoms with Gasteiger partial charge in [-0.1, -0.05) is 23.7 Å². The van der Waals surface area contributed by atoms with Crippen LogP contribution in [0.3, 0.4) is 0 Å². The normalized spacial score (nSPS) is 16.1. The van der Waals surface area contributed by atoms with Gasteiger partial charge in [0, 0.05) is 29.2 Å². The van der Waals surface area contributed by atoms with E-state index in [-0.39, 0.29) is 36.2 Å². The Hall–Kier alpha value is -3.52. The Balaban J connectivity index is 1.56. The van der Waals surface area contributed by atoms with Gasteiger partial charge in [0.2, 0.25) is 5.91 Å². The molecular weight excluding hydrogens is 459 g/mol. The first-order valence-corrected chi connectivity index (χ1v) is 11.2. The summed E-state index contributed by atoms with van der Waals surface area (Å²) in [6, 6.07) is 11.0. The number of H-pyrrole nitrogens is 1. The van der Waals surface area contributed by atoms with Crippen molar-refractivity contribution >= 4 is 29.1 Å². The van der Waals surface area contributed by atoms with Gasteiger partial charge in [0.05, 0.1) is 17.3 Å². The highest BCUT2D eigenvalue weighted by atomic mass is 35.5. The minimum atomic E-state index is -0.659. The summed E-state index contributed by atoms with van der Waals surface area (Å²) in [4.78, 5) is 40.8. The van der Waals surface area contributed by atoms with E-state index in [9.17, 15) is 18.8 Å². The number of amides is 2. The van der Waals surface area contributed by atoms with E-state index >= 15 is 0 Å². The molecule has 0 spiro atoms. The highest BCUT2D eigenvalue weighted by molar-refractivity contribution is 6.31. The maximum absolute atomic E-state index is 14.7. The Morgan fingerprint density at radius 2 is 1.94 bits per heavy atom. The summed E-state index contributed by atoms with van der Waals surface area (Å²) in [7, 11) is 0. The number of rotatable bonds is 4. The lowest BCUT2D eigenvalue weighted by Crippen LogP contribution is -2.57. The summed E-state index contributed by atoms with van der Waals surface area (Å²) in [6.07, 6.45) is 0.321. The molecule has 1 aliphatic rings. The summed E-state index contributed by atoms with van der Waals surface area (Å²) < 4.78 is 14.7. The van der Waals surface area contributed by atoms with Crippen molar-refractivity contribution in [3.63, 3.8) is 0 Å². The molecule has 34 heavy (non-hydrogen) atoms. The van der Waals surface area contributed by atoms with Gasteiger partial charge in [0.25, 0.3) is 11.5 Å². The van der Waals surface area contributed by atoms with Gasteiger partial charge in [0.1, 0.15) is 12.4 Å². The average molecular weight is 483 g/mol.